The van der Waals surface area contributed by atoms with E-state index in [-0.39, 0.29) is 16.0 Å². The Balaban J connectivity index is 2.62. The molecule has 0 saturated heterocycles. The van der Waals surface area contributed by atoms with Gasteiger partial charge in [0.25, 0.3) is 0 Å². The first-order valence-electron chi connectivity index (χ1n) is 10.8. The lowest BCUT2D eigenvalue weighted by molar-refractivity contribution is -0.459. The molecule has 0 fully saturated rings. The second kappa shape index (κ2) is 10.8. The lowest BCUT2D eigenvalue weighted by atomic mass is 9.88. The van der Waals surface area contributed by atoms with Gasteiger partial charge in [0.1, 0.15) is 0 Å². The maximum atomic E-state index is 14.7. The van der Waals surface area contributed by atoms with E-state index >= 15 is 0 Å². The molecule has 0 spiro atoms. The third-order valence-corrected chi connectivity index (χ3v) is 5.71. The Morgan fingerprint density at radius 2 is 0.738 bits per heavy atom. The fourth-order valence-corrected chi connectivity index (χ4v) is 3.30. The highest BCUT2D eigenvalue weighted by atomic mass is 19.4. The molecule has 2 aromatic carbocycles. The van der Waals surface area contributed by atoms with Crippen LogP contribution in [0.1, 0.15) is 11.1 Å². The van der Waals surface area contributed by atoms with E-state index in [0.717, 1.165) is 24.3 Å². The molecule has 236 valence electrons. The maximum Gasteiger partial charge on any atom is 0.460 e. The number of alkyl halides is 17. The average molecular weight is 643 g/mol. The normalized spacial score (nSPS) is 14.6. The van der Waals surface area contributed by atoms with Crippen molar-refractivity contribution in [1.29, 1.82) is 0 Å². The Bertz CT molecular complexity index is 1190. The van der Waals surface area contributed by atoms with Crippen LogP contribution in [0.5, 0.6) is 0 Å². The number of amides is 1. The molecule has 1 amide bonds. The minimum Gasteiger partial charge on any atom is -0.329 e. The molecule has 0 aliphatic rings. The van der Waals surface area contributed by atoms with Gasteiger partial charge in [0.05, 0.1) is 0 Å². The molecule has 0 heterocycles. The highest BCUT2D eigenvalue weighted by Crippen LogP contribution is 2.64. The van der Waals surface area contributed by atoms with Crippen molar-refractivity contribution in [2.45, 2.75) is 60.7 Å². The Kier molecular flexibility index (Phi) is 8.95. The predicted molar refractivity (Wildman–Crippen MR) is 108 cm³/mol. The first-order chi connectivity index (χ1) is 18.7. The van der Waals surface area contributed by atoms with E-state index in [9.17, 15) is 79.4 Å². The lowest BCUT2D eigenvalue weighted by Gasteiger charge is -2.43. The van der Waals surface area contributed by atoms with E-state index < -0.39 is 66.6 Å². The molecule has 0 N–H and O–H groups in total. The number of carbonyl (C=O) groups is 1. The van der Waals surface area contributed by atoms with Crippen molar-refractivity contribution in [2.75, 3.05) is 0 Å². The fraction of sp³-hybridized carbons (Fsp3) is 0.435. The van der Waals surface area contributed by atoms with Crippen LogP contribution in [0.15, 0.2) is 60.7 Å². The summed E-state index contributed by atoms with van der Waals surface area (Å²) in [6.07, 6.45) is -7.84. The number of nitrogens with zero attached hydrogens (tertiary/aromatic N) is 1. The summed E-state index contributed by atoms with van der Waals surface area (Å²) < 4.78 is 231. The largest absolute Gasteiger partial charge is 0.460 e. The second-order valence-electron chi connectivity index (χ2n) is 8.65. The monoisotopic (exact) mass is 643 g/mol. The van der Waals surface area contributed by atoms with Gasteiger partial charge in [0.2, 0.25) is 0 Å². The summed E-state index contributed by atoms with van der Waals surface area (Å²) >= 11 is 0. The summed E-state index contributed by atoms with van der Waals surface area (Å²) in [5.41, 5.74) is -0.336. The zero-order valence-electron chi connectivity index (χ0n) is 20.0. The molecular weight excluding hydrogens is 629 g/mol. The Labute approximate surface area is 223 Å². The summed E-state index contributed by atoms with van der Waals surface area (Å²) in [7, 11) is 0. The standard InChI is InChI=1S/C23H14F17NO/c24-16(25,15(42)41(11-13-7-3-1-4-8-13)12-14-9-5-2-6-10-14)17(26,27)18(28,29)19(30,31)20(32,33)21(34,35)22(36,37)23(38,39)40/h1-10H,11-12H2. The van der Waals surface area contributed by atoms with Gasteiger partial charge in [0.15, 0.2) is 0 Å². The summed E-state index contributed by atoms with van der Waals surface area (Å²) in [4.78, 5) is 12.1. The van der Waals surface area contributed by atoms with Gasteiger partial charge in [0, 0.05) is 13.1 Å². The SMILES string of the molecule is O=C(N(Cc1ccccc1)Cc1ccccc1)C(F)(F)C(F)(F)C(F)(F)C(F)(F)C(F)(F)C(F)(F)C(F)(F)C(F)(F)F. The minimum absolute atomic E-state index is 0.168. The van der Waals surface area contributed by atoms with Crippen LogP contribution in [0.25, 0.3) is 0 Å². The zero-order chi connectivity index (χ0) is 32.8. The van der Waals surface area contributed by atoms with Crippen LogP contribution >= 0.6 is 0 Å². The predicted octanol–water partition coefficient (Wildman–Crippen LogP) is 8.22. The van der Waals surface area contributed by atoms with Gasteiger partial charge < -0.3 is 4.90 Å². The molecule has 0 atom stereocenters. The lowest BCUT2D eigenvalue weighted by Crippen LogP contribution is -2.75. The summed E-state index contributed by atoms with van der Waals surface area (Å²) in [6, 6.07) is 11.8. The quantitative estimate of drug-likeness (QED) is 0.226. The first kappa shape index (κ1) is 34.9. The molecule has 0 aliphatic heterocycles. The molecule has 19 heteroatoms. The third-order valence-electron chi connectivity index (χ3n) is 5.71. The summed E-state index contributed by atoms with van der Waals surface area (Å²) in [5.74, 6) is -61.7. The van der Waals surface area contributed by atoms with E-state index in [1.165, 1.54) is 36.4 Å². The Hall–Kier alpha value is -3.28. The van der Waals surface area contributed by atoms with Crippen molar-refractivity contribution in [3.05, 3.63) is 71.8 Å². The van der Waals surface area contributed by atoms with Crippen molar-refractivity contribution in [3.63, 3.8) is 0 Å². The number of hydrogen-bond acceptors (Lipinski definition) is 1. The van der Waals surface area contributed by atoms with Gasteiger partial charge in [-0.3, -0.25) is 4.79 Å². The van der Waals surface area contributed by atoms with E-state index in [4.69, 9.17) is 0 Å². The number of carbonyl (C=O) groups excluding carboxylic acids is 1. The topological polar surface area (TPSA) is 20.3 Å². The zero-order valence-corrected chi connectivity index (χ0v) is 20.0. The molecule has 0 aliphatic carbocycles. The molecule has 2 nitrogen and oxygen atoms in total. The molecular formula is C23H14F17NO. The maximum absolute atomic E-state index is 14.7. The van der Waals surface area contributed by atoms with Gasteiger partial charge in [-0.05, 0) is 11.1 Å². The third kappa shape index (κ3) is 5.33. The van der Waals surface area contributed by atoms with Crippen LogP contribution in [-0.4, -0.2) is 58.4 Å². The van der Waals surface area contributed by atoms with Crippen molar-refractivity contribution >= 4 is 5.91 Å². The average Bonchev–Trinajstić information content (AvgIpc) is 2.87. The number of benzene rings is 2. The molecule has 2 rings (SSSR count). The second-order valence-corrected chi connectivity index (χ2v) is 8.65. The van der Waals surface area contributed by atoms with E-state index in [1.807, 2.05) is 0 Å². The van der Waals surface area contributed by atoms with Gasteiger partial charge in [-0.25, -0.2) is 0 Å². The Morgan fingerprint density at radius 1 is 0.452 bits per heavy atom. The molecule has 0 radical (unpaired) electrons. The number of hydrogen-bond donors (Lipinski definition) is 0. The van der Waals surface area contributed by atoms with Crippen LogP contribution in [0.3, 0.4) is 0 Å². The minimum atomic E-state index is -8.77. The van der Waals surface area contributed by atoms with E-state index in [2.05, 4.69) is 0 Å². The molecule has 0 saturated carbocycles. The van der Waals surface area contributed by atoms with Crippen molar-refractivity contribution < 1.29 is 79.4 Å². The molecule has 42 heavy (non-hydrogen) atoms. The van der Waals surface area contributed by atoms with Crippen molar-refractivity contribution in [2.24, 2.45) is 0 Å². The van der Waals surface area contributed by atoms with Crippen molar-refractivity contribution in [1.82, 2.24) is 4.90 Å². The van der Waals surface area contributed by atoms with Gasteiger partial charge in [-0.1, -0.05) is 60.7 Å². The number of halogens is 17. The van der Waals surface area contributed by atoms with Crippen LogP contribution in [0.2, 0.25) is 0 Å². The van der Waals surface area contributed by atoms with E-state index in [0.29, 0.717) is 0 Å². The smallest absolute Gasteiger partial charge is 0.329 e. The molecule has 2 aromatic rings. The van der Waals surface area contributed by atoms with Gasteiger partial charge >= 0.3 is 53.5 Å². The van der Waals surface area contributed by atoms with Crippen LogP contribution in [-0.2, 0) is 17.9 Å². The Morgan fingerprint density at radius 3 is 1.05 bits per heavy atom. The molecule has 0 bridgehead atoms. The van der Waals surface area contributed by atoms with Crippen molar-refractivity contribution in [3.8, 4) is 0 Å². The van der Waals surface area contributed by atoms with Crippen LogP contribution in [0.4, 0.5) is 74.6 Å². The van der Waals surface area contributed by atoms with E-state index in [1.54, 1.807) is 0 Å². The van der Waals surface area contributed by atoms with Crippen LogP contribution < -0.4 is 0 Å². The first-order valence-corrected chi connectivity index (χ1v) is 10.8. The van der Waals surface area contributed by atoms with Gasteiger partial charge in [-0.15, -0.1) is 0 Å². The van der Waals surface area contributed by atoms with Gasteiger partial charge in [-0.2, -0.15) is 74.6 Å². The number of rotatable bonds is 11. The molecule has 0 unspecified atom stereocenters. The summed E-state index contributed by atoms with van der Waals surface area (Å²) in [6.45, 7) is -2.29. The highest BCUT2D eigenvalue weighted by Gasteiger charge is 2.95. The van der Waals surface area contributed by atoms with Crippen LogP contribution in [0, 0.1) is 0 Å². The molecule has 0 aromatic heterocycles. The summed E-state index contributed by atoms with van der Waals surface area (Å²) in [5, 5.41) is 0. The fourth-order valence-electron chi connectivity index (χ4n) is 3.30. The highest BCUT2D eigenvalue weighted by molar-refractivity contribution is 5.85.